The Morgan fingerprint density at radius 2 is 1.23 bits per heavy atom. The van der Waals surface area contributed by atoms with E-state index in [1.54, 1.807) is 0 Å². The average molecular weight is 280 g/mol. The van der Waals surface area contributed by atoms with E-state index in [2.05, 4.69) is 97.1 Å². The highest BCUT2D eigenvalue weighted by atomic mass is 14.0. The zero-order chi connectivity index (χ0) is 14.8. The minimum absolute atomic E-state index is 1.23. The van der Waals surface area contributed by atoms with Crippen molar-refractivity contribution < 1.29 is 0 Å². The van der Waals surface area contributed by atoms with Gasteiger partial charge in [0.1, 0.15) is 0 Å². The Kier molecular flexibility index (Phi) is 3.21. The molecule has 0 aliphatic rings. The van der Waals surface area contributed by atoms with Crippen LogP contribution in [0.1, 0.15) is 11.1 Å². The monoisotopic (exact) mass is 280 g/mol. The molecule has 0 aliphatic heterocycles. The zero-order valence-corrected chi connectivity index (χ0v) is 12.2. The van der Waals surface area contributed by atoms with E-state index < -0.39 is 0 Å². The summed E-state index contributed by atoms with van der Waals surface area (Å²) in [7, 11) is 0. The largest absolute Gasteiger partial charge is 0.0616 e. The molecule has 0 fully saturated rings. The maximum Gasteiger partial charge on any atom is -0.0111 e. The van der Waals surface area contributed by atoms with Crippen LogP contribution in [-0.2, 0) is 0 Å². The van der Waals surface area contributed by atoms with E-state index in [1.165, 1.54) is 32.7 Å². The van der Waals surface area contributed by atoms with Crippen LogP contribution in [0.2, 0.25) is 0 Å². The standard InChI is InChI=1S/C22H16/c1-2-8-21-16-17(12-14-18(21)6-1)13-15-20-10-5-9-19-7-3-4-11-22(19)20/h1-16H/b15-13-. The SMILES string of the molecule is C(=C/c1cccc2ccccc12)/c1ccc2ccccc2c1. The maximum absolute atomic E-state index is 2.23. The Bertz CT molecular complexity index is 972. The van der Waals surface area contributed by atoms with Crippen LogP contribution < -0.4 is 0 Å². The first-order chi connectivity index (χ1) is 10.9. The number of hydrogen-bond acceptors (Lipinski definition) is 0. The van der Waals surface area contributed by atoms with Crippen LogP contribution in [0.25, 0.3) is 33.7 Å². The molecule has 22 heavy (non-hydrogen) atoms. The van der Waals surface area contributed by atoms with Crippen molar-refractivity contribution in [2.75, 3.05) is 0 Å². The second-order valence-corrected chi connectivity index (χ2v) is 5.51. The highest BCUT2D eigenvalue weighted by Gasteiger charge is 1.97. The molecule has 0 N–H and O–H groups in total. The molecule has 0 heteroatoms. The molecule has 4 aromatic carbocycles. The van der Waals surface area contributed by atoms with Gasteiger partial charge < -0.3 is 0 Å². The van der Waals surface area contributed by atoms with Crippen molar-refractivity contribution in [1.29, 1.82) is 0 Å². The number of rotatable bonds is 2. The second kappa shape index (κ2) is 5.50. The van der Waals surface area contributed by atoms with Crippen LogP contribution in [0.15, 0.2) is 84.9 Å². The van der Waals surface area contributed by atoms with E-state index in [0.717, 1.165) is 0 Å². The van der Waals surface area contributed by atoms with Gasteiger partial charge in [0, 0.05) is 0 Å². The number of hydrogen-bond donors (Lipinski definition) is 0. The van der Waals surface area contributed by atoms with Gasteiger partial charge in [0.25, 0.3) is 0 Å². The fourth-order valence-corrected chi connectivity index (χ4v) is 2.89. The molecule has 0 bridgehead atoms. The molecule has 104 valence electrons. The molecule has 0 atom stereocenters. The zero-order valence-electron chi connectivity index (χ0n) is 12.2. The van der Waals surface area contributed by atoms with Crippen LogP contribution in [0, 0.1) is 0 Å². The Labute approximate surface area is 130 Å². The fourth-order valence-electron chi connectivity index (χ4n) is 2.89. The van der Waals surface area contributed by atoms with Gasteiger partial charge in [0.2, 0.25) is 0 Å². The molecule has 0 spiro atoms. The van der Waals surface area contributed by atoms with Gasteiger partial charge in [-0.3, -0.25) is 0 Å². The van der Waals surface area contributed by atoms with Crippen molar-refractivity contribution in [3.8, 4) is 0 Å². The molecular formula is C22H16. The molecule has 0 heterocycles. The van der Waals surface area contributed by atoms with E-state index in [1.807, 2.05) is 0 Å². The molecule has 0 aromatic heterocycles. The quantitative estimate of drug-likeness (QED) is 0.385. The van der Waals surface area contributed by atoms with Gasteiger partial charge in [-0.2, -0.15) is 0 Å². The summed E-state index contributed by atoms with van der Waals surface area (Å²) in [5.41, 5.74) is 2.48. The second-order valence-electron chi connectivity index (χ2n) is 5.51. The first-order valence-electron chi connectivity index (χ1n) is 7.55. The summed E-state index contributed by atoms with van der Waals surface area (Å²) in [6, 6.07) is 30.0. The number of fused-ring (bicyclic) bond motifs is 2. The van der Waals surface area contributed by atoms with Crippen molar-refractivity contribution in [3.63, 3.8) is 0 Å². The van der Waals surface area contributed by atoms with Gasteiger partial charge in [-0.05, 0) is 38.7 Å². The van der Waals surface area contributed by atoms with Crippen molar-refractivity contribution in [1.82, 2.24) is 0 Å². The molecule has 0 nitrogen and oxygen atoms in total. The molecule has 0 saturated carbocycles. The predicted molar refractivity (Wildman–Crippen MR) is 96.8 cm³/mol. The van der Waals surface area contributed by atoms with E-state index in [9.17, 15) is 0 Å². The fraction of sp³-hybridized carbons (Fsp3) is 0. The normalized spacial score (nSPS) is 11.5. The lowest BCUT2D eigenvalue weighted by atomic mass is 10.0. The minimum atomic E-state index is 1.23. The Balaban J connectivity index is 1.75. The third-order valence-electron chi connectivity index (χ3n) is 4.05. The van der Waals surface area contributed by atoms with Crippen molar-refractivity contribution in [2.45, 2.75) is 0 Å². The van der Waals surface area contributed by atoms with Crippen molar-refractivity contribution in [3.05, 3.63) is 96.1 Å². The summed E-state index contributed by atoms with van der Waals surface area (Å²) in [6.07, 6.45) is 4.39. The van der Waals surface area contributed by atoms with Crippen LogP contribution in [0.5, 0.6) is 0 Å². The lowest BCUT2D eigenvalue weighted by Crippen LogP contribution is -1.78. The molecule has 0 saturated heterocycles. The molecule has 4 rings (SSSR count). The third-order valence-corrected chi connectivity index (χ3v) is 4.05. The van der Waals surface area contributed by atoms with E-state index in [4.69, 9.17) is 0 Å². The lowest BCUT2D eigenvalue weighted by molar-refractivity contribution is 1.70. The summed E-state index contributed by atoms with van der Waals surface area (Å²) >= 11 is 0. The van der Waals surface area contributed by atoms with Crippen LogP contribution in [-0.4, -0.2) is 0 Å². The van der Waals surface area contributed by atoms with E-state index >= 15 is 0 Å². The van der Waals surface area contributed by atoms with Gasteiger partial charge in [-0.15, -0.1) is 0 Å². The van der Waals surface area contributed by atoms with Gasteiger partial charge in [-0.1, -0.05) is 91.0 Å². The van der Waals surface area contributed by atoms with E-state index in [0.29, 0.717) is 0 Å². The van der Waals surface area contributed by atoms with E-state index in [-0.39, 0.29) is 0 Å². The van der Waals surface area contributed by atoms with Crippen molar-refractivity contribution in [2.24, 2.45) is 0 Å². The molecule has 4 aromatic rings. The molecule has 0 unspecified atom stereocenters. The first-order valence-corrected chi connectivity index (χ1v) is 7.55. The van der Waals surface area contributed by atoms with Crippen LogP contribution in [0.3, 0.4) is 0 Å². The summed E-state index contributed by atoms with van der Waals surface area (Å²) < 4.78 is 0. The smallest absolute Gasteiger partial charge is 0.0111 e. The van der Waals surface area contributed by atoms with Gasteiger partial charge >= 0.3 is 0 Å². The Morgan fingerprint density at radius 1 is 0.500 bits per heavy atom. The maximum atomic E-state index is 2.23. The van der Waals surface area contributed by atoms with Gasteiger partial charge in [0.15, 0.2) is 0 Å². The van der Waals surface area contributed by atoms with Crippen molar-refractivity contribution >= 4 is 33.7 Å². The number of benzene rings is 4. The Hall–Kier alpha value is -2.86. The summed E-state index contributed by atoms with van der Waals surface area (Å²) in [6.45, 7) is 0. The topological polar surface area (TPSA) is 0 Å². The molecule has 0 radical (unpaired) electrons. The predicted octanol–water partition coefficient (Wildman–Crippen LogP) is 6.16. The molecule has 0 aliphatic carbocycles. The average Bonchev–Trinajstić information content (AvgIpc) is 2.60. The lowest BCUT2D eigenvalue weighted by Gasteiger charge is -2.02. The molecular weight excluding hydrogens is 264 g/mol. The Morgan fingerprint density at radius 3 is 2.14 bits per heavy atom. The highest BCUT2D eigenvalue weighted by Crippen LogP contribution is 2.22. The van der Waals surface area contributed by atoms with Gasteiger partial charge in [-0.25, -0.2) is 0 Å². The molecule has 0 amide bonds. The van der Waals surface area contributed by atoms with Crippen LogP contribution >= 0.6 is 0 Å². The van der Waals surface area contributed by atoms with Gasteiger partial charge in [0.05, 0.1) is 0 Å². The van der Waals surface area contributed by atoms with Crippen LogP contribution in [0.4, 0.5) is 0 Å². The summed E-state index contributed by atoms with van der Waals surface area (Å²) in [5, 5.41) is 5.14. The summed E-state index contributed by atoms with van der Waals surface area (Å²) in [5.74, 6) is 0. The minimum Gasteiger partial charge on any atom is -0.0616 e. The highest BCUT2D eigenvalue weighted by molar-refractivity contribution is 5.93. The third kappa shape index (κ3) is 2.40. The first kappa shape index (κ1) is 12.8. The summed E-state index contributed by atoms with van der Waals surface area (Å²) in [4.78, 5) is 0.